The van der Waals surface area contributed by atoms with Crippen molar-refractivity contribution in [3.8, 4) is 0 Å². The average Bonchev–Trinajstić information content (AvgIpc) is 3.09. The van der Waals surface area contributed by atoms with Crippen molar-refractivity contribution in [3.63, 3.8) is 0 Å². The SMILES string of the molecule is CCC(=O)Nc1cn(CC(=O)n2c(C)cc3cc(N)ccc32)nn1. The van der Waals surface area contributed by atoms with Gasteiger partial charge in [-0.15, -0.1) is 5.10 Å². The molecule has 0 fully saturated rings. The van der Waals surface area contributed by atoms with Crippen molar-refractivity contribution in [1.82, 2.24) is 19.6 Å². The molecule has 0 unspecified atom stereocenters. The largest absolute Gasteiger partial charge is 0.399 e. The molecular weight excluding hydrogens is 308 g/mol. The van der Waals surface area contributed by atoms with E-state index in [1.807, 2.05) is 25.1 Å². The molecule has 8 heteroatoms. The molecule has 1 amide bonds. The van der Waals surface area contributed by atoms with Gasteiger partial charge in [-0.2, -0.15) is 0 Å². The minimum absolute atomic E-state index is 0.0178. The van der Waals surface area contributed by atoms with Gasteiger partial charge in [0, 0.05) is 23.2 Å². The predicted octanol–water partition coefficient (Wildman–Crippen LogP) is 1.81. The number of fused-ring (bicyclic) bond motifs is 1. The van der Waals surface area contributed by atoms with Gasteiger partial charge in [0.25, 0.3) is 5.91 Å². The molecule has 3 rings (SSSR count). The number of anilines is 2. The van der Waals surface area contributed by atoms with E-state index in [0.717, 1.165) is 16.6 Å². The Morgan fingerprint density at radius 2 is 2.08 bits per heavy atom. The Morgan fingerprint density at radius 1 is 1.29 bits per heavy atom. The highest BCUT2D eigenvalue weighted by Crippen LogP contribution is 2.22. The Morgan fingerprint density at radius 3 is 2.83 bits per heavy atom. The molecule has 124 valence electrons. The zero-order chi connectivity index (χ0) is 17.3. The normalized spacial score (nSPS) is 10.9. The van der Waals surface area contributed by atoms with Crippen molar-refractivity contribution >= 4 is 34.2 Å². The van der Waals surface area contributed by atoms with E-state index >= 15 is 0 Å². The summed E-state index contributed by atoms with van der Waals surface area (Å²) in [5.74, 6) is 0.0280. The number of carbonyl (C=O) groups is 2. The molecule has 0 aliphatic heterocycles. The minimum atomic E-state index is -0.154. The summed E-state index contributed by atoms with van der Waals surface area (Å²) >= 11 is 0. The molecule has 0 atom stereocenters. The van der Waals surface area contributed by atoms with E-state index < -0.39 is 0 Å². The maximum Gasteiger partial charge on any atom is 0.253 e. The third kappa shape index (κ3) is 2.98. The lowest BCUT2D eigenvalue weighted by molar-refractivity contribution is -0.115. The highest BCUT2D eigenvalue weighted by Gasteiger charge is 2.14. The molecule has 0 radical (unpaired) electrons. The fraction of sp³-hybridized carbons (Fsp3) is 0.250. The second-order valence-electron chi connectivity index (χ2n) is 5.54. The highest BCUT2D eigenvalue weighted by molar-refractivity contribution is 5.95. The van der Waals surface area contributed by atoms with E-state index in [1.165, 1.54) is 10.9 Å². The lowest BCUT2D eigenvalue weighted by atomic mass is 10.2. The van der Waals surface area contributed by atoms with E-state index in [-0.39, 0.29) is 18.4 Å². The summed E-state index contributed by atoms with van der Waals surface area (Å²) in [5.41, 5.74) is 8.06. The van der Waals surface area contributed by atoms with Crippen LogP contribution >= 0.6 is 0 Å². The van der Waals surface area contributed by atoms with Gasteiger partial charge in [-0.3, -0.25) is 14.2 Å². The van der Waals surface area contributed by atoms with Gasteiger partial charge in [-0.05, 0) is 31.2 Å². The maximum atomic E-state index is 12.6. The molecular formula is C16H18N6O2. The number of nitrogens with zero attached hydrogens (tertiary/aromatic N) is 4. The molecule has 2 aromatic heterocycles. The molecule has 0 aliphatic rings. The van der Waals surface area contributed by atoms with Crippen molar-refractivity contribution in [2.75, 3.05) is 11.1 Å². The van der Waals surface area contributed by atoms with Crippen LogP contribution in [-0.2, 0) is 11.3 Å². The molecule has 0 saturated heterocycles. The van der Waals surface area contributed by atoms with Crippen LogP contribution in [0.5, 0.6) is 0 Å². The lowest BCUT2D eigenvalue weighted by Gasteiger charge is -2.06. The molecule has 8 nitrogen and oxygen atoms in total. The molecule has 0 bridgehead atoms. The van der Waals surface area contributed by atoms with Gasteiger partial charge in [0.05, 0.1) is 11.7 Å². The zero-order valence-corrected chi connectivity index (χ0v) is 13.5. The first-order valence-corrected chi connectivity index (χ1v) is 7.58. The molecule has 1 aromatic carbocycles. The number of rotatable bonds is 4. The van der Waals surface area contributed by atoms with Gasteiger partial charge in [0.1, 0.15) is 6.54 Å². The summed E-state index contributed by atoms with van der Waals surface area (Å²) in [6.07, 6.45) is 1.88. The standard InChI is InChI=1S/C16H18N6O2/c1-3-15(23)18-14-8-21(20-19-14)9-16(24)22-10(2)6-11-7-12(17)4-5-13(11)22/h4-8H,3,9,17H2,1-2H3,(H,18,23). The number of hydrogen-bond acceptors (Lipinski definition) is 5. The highest BCUT2D eigenvalue weighted by atomic mass is 16.2. The lowest BCUT2D eigenvalue weighted by Crippen LogP contribution is -2.19. The topological polar surface area (TPSA) is 108 Å². The molecule has 0 saturated carbocycles. The molecule has 24 heavy (non-hydrogen) atoms. The van der Waals surface area contributed by atoms with Crippen LogP contribution < -0.4 is 11.1 Å². The Hall–Kier alpha value is -3.16. The Bertz CT molecular complexity index is 924. The number of carbonyl (C=O) groups excluding carboxylic acids is 2. The fourth-order valence-corrected chi connectivity index (χ4v) is 2.58. The summed E-state index contributed by atoms with van der Waals surface area (Å²) < 4.78 is 3.02. The first-order valence-electron chi connectivity index (χ1n) is 7.58. The van der Waals surface area contributed by atoms with Crippen molar-refractivity contribution in [1.29, 1.82) is 0 Å². The minimum Gasteiger partial charge on any atom is -0.399 e. The third-order valence-corrected chi connectivity index (χ3v) is 3.68. The maximum absolute atomic E-state index is 12.6. The van der Waals surface area contributed by atoms with Crippen LogP contribution in [0.15, 0.2) is 30.5 Å². The van der Waals surface area contributed by atoms with E-state index in [1.54, 1.807) is 17.6 Å². The monoisotopic (exact) mass is 326 g/mol. The number of aromatic nitrogens is 4. The summed E-state index contributed by atoms with van der Waals surface area (Å²) in [6, 6.07) is 7.33. The van der Waals surface area contributed by atoms with Gasteiger partial charge in [-0.1, -0.05) is 12.1 Å². The molecule has 3 aromatic rings. The van der Waals surface area contributed by atoms with Crippen molar-refractivity contribution in [2.45, 2.75) is 26.8 Å². The van der Waals surface area contributed by atoms with Crippen LogP contribution in [0.4, 0.5) is 11.5 Å². The van der Waals surface area contributed by atoms with Gasteiger partial charge in [0.2, 0.25) is 5.91 Å². The number of hydrogen-bond donors (Lipinski definition) is 2. The summed E-state index contributed by atoms with van der Waals surface area (Å²) in [7, 11) is 0. The van der Waals surface area contributed by atoms with Crippen LogP contribution in [0.1, 0.15) is 23.8 Å². The van der Waals surface area contributed by atoms with E-state index in [0.29, 0.717) is 17.9 Å². The quantitative estimate of drug-likeness (QED) is 0.711. The van der Waals surface area contributed by atoms with Crippen molar-refractivity contribution in [3.05, 3.63) is 36.2 Å². The van der Waals surface area contributed by atoms with Gasteiger partial charge in [-0.25, -0.2) is 4.68 Å². The number of nitrogens with two attached hydrogens (primary N) is 1. The molecule has 0 aliphatic carbocycles. The van der Waals surface area contributed by atoms with Crippen molar-refractivity contribution < 1.29 is 9.59 Å². The summed E-state index contributed by atoms with van der Waals surface area (Å²) in [4.78, 5) is 24.0. The van der Waals surface area contributed by atoms with Crippen LogP contribution in [0.3, 0.4) is 0 Å². The zero-order valence-electron chi connectivity index (χ0n) is 13.5. The van der Waals surface area contributed by atoms with Gasteiger partial charge >= 0.3 is 0 Å². The Balaban J connectivity index is 1.83. The molecule has 0 spiro atoms. The van der Waals surface area contributed by atoms with E-state index in [4.69, 9.17) is 5.73 Å². The number of amides is 1. The predicted molar refractivity (Wildman–Crippen MR) is 90.7 cm³/mol. The van der Waals surface area contributed by atoms with Gasteiger partial charge < -0.3 is 11.1 Å². The third-order valence-electron chi connectivity index (χ3n) is 3.68. The molecule has 3 N–H and O–H groups in total. The summed E-state index contributed by atoms with van der Waals surface area (Å²) in [5, 5.41) is 11.2. The molecule has 2 heterocycles. The Kier molecular flexibility index (Phi) is 4.03. The van der Waals surface area contributed by atoms with Crippen LogP contribution in [0.25, 0.3) is 10.9 Å². The van der Waals surface area contributed by atoms with E-state index in [9.17, 15) is 9.59 Å². The fourth-order valence-electron chi connectivity index (χ4n) is 2.58. The van der Waals surface area contributed by atoms with E-state index in [2.05, 4.69) is 15.6 Å². The smallest absolute Gasteiger partial charge is 0.253 e. The Labute approximate surface area is 138 Å². The number of nitrogens with one attached hydrogen (secondary N) is 1. The van der Waals surface area contributed by atoms with Gasteiger partial charge in [0.15, 0.2) is 5.82 Å². The first kappa shape index (κ1) is 15.7. The second kappa shape index (κ2) is 6.15. The number of nitrogen functional groups attached to an aromatic ring is 1. The van der Waals surface area contributed by atoms with Crippen LogP contribution in [-0.4, -0.2) is 31.4 Å². The van der Waals surface area contributed by atoms with Crippen LogP contribution in [0.2, 0.25) is 0 Å². The number of aryl methyl sites for hydroxylation is 1. The van der Waals surface area contributed by atoms with Crippen LogP contribution in [0, 0.1) is 6.92 Å². The second-order valence-corrected chi connectivity index (χ2v) is 5.54. The average molecular weight is 326 g/mol. The first-order chi connectivity index (χ1) is 11.5. The van der Waals surface area contributed by atoms with Crippen molar-refractivity contribution in [2.24, 2.45) is 0 Å². The summed E-state index contributed by atoms with van der Waals surface area (Å²) in [6.45, 7) is 3.63. The number of benzene rings is 1.